The second-order valence-electron chi connectivity index (χ2n) is 5.50. The van der Waals surface area contributed by atoms with Crippen LogP contribution in [-0.2, 0) is 14.3 Å². The molecule has 19 heavy (non-hydrogen) atoms. The number of hydrogen-bond acceptors (Lipinski definition) is 5. The van der Waals surface area contributed by atoms with Crippen LogP contribution in [0.2, 0.25) is 0 Å². The van der Waals surface area contributed by atoms with E-state index in [9.17, 15) is 4.79 Å². The van der Waals surface area contributed by atoms with Crippen molar-refractivity contribution in [2.45, 2.75) is 58.2 Å². The minimum Gasteiger partial charge on any atom is -0.465 e. The lowest BCUT2D eigenvalue weighted by molar-refractivity contribution is -0.149. The van der Waals surface area contributed by atoms with Gasteiger partial charge in [0.15, 0.2) is 0 Å². The Morgan fingerprint density at radius 1 is 1.58 bits per heavy atom. The number of thioether (sulfide) groups is 1. The van der Waals surface area contributed by atoms with Crippen LogP contribution in [0.25, 0.3) is 0 Å². The molecule has 1 saturated heterocycles. The summed E-state index contributed by atoms with van der Waals surface area (Å²) in [6.07, 6.45) is 2.65. The molecule has 1 fully saturated rings. The summed E-state index contributed by atoms with van der Waals surface area (Å²) >= 11 is 1.77. The SMILES string of the molecule is CCOC(=O)C(C)(CSCC1CCCO1)NC(C)C. The average Bonchev–Trinajstić information content (AvgIpc) is 2.81. The summed E-state index contributed by atoms with van der Waals surface area (Å²) in [4.78, 5) is 12.1. The lowest BCUT2D eigenvalue weighted by Crippen LogP contribution is -2.55. The normalized spacial score (nSPS) is 22.5. The van der Waals surface area contributed by atoms with Gasteiger partial charge in [-0.25, -0.2) is 0 Å². The minimum absolute atomic E-state index is 0.163. The summed E-state index contributed by atoms with van der Waals surface area (Å²) < 4.78 is 10.8. The Labute approximate surface area is 121 Å². The summed E-state index contributed by atoms with van der Waals surface area (Å²) in [5.41, 5.74) is -0.618. The van der Waals surface area contributed by atoms with Gasteiger partial charge in [-0.15, -0.1) is 0 Å². The third kappa shape index (κ3) is 5.71. The van der Waals surface area contributed by atoms with Crippen LogP contribution in [0.5, 0.6) is 0 Å². The van der Waals surface area contributed by atoms with Gasteiger partial charge in [-0.1, -0.05) is 0 Å². The van der Waals surface area contributed by atoms with Gasteiger partial charge >= 0.3 is 5.97 Å². The highest BCUT2D eigenvalue weighted by molar-refractivity contribution is 7.99. The molecule has 5 heteroatoms. The molecule has 1 rings (SSSR count). The molecule has 1 aliphatic rings. The van der Waals surface area contributed by atoms with Crippen molar-refractivity contribution in [2.75, 3.05) is 24.7 Å². The van der Waals surface area contributed by atoms with E-state index in [0.717, 1.165) is 25.2 Å². The van der Waals surface area contributed by atoms with Crippen molar-refractivity contribution in [1.29, 1.82) is 0 Å². The first-order valence-corrected chi connectivity index (χ1v) is 8.27. The number of hydrogen-bond donors (Lipinski definition) is 1. The van der Waals surface area contributed by atoms with Crippen LogP contribution in [0.15, 0.2) is 0 Å². The standard InChI is InChI=1S/C14H27NO3S/c1-5-17-13(16)14(4,15-11(2)3)10-19-9-12-7-6-8-18-12/h11-12,15H,5-10H2,1-4H3. The maximum Gasteiger partial charge on any atom is 0.326 e. The Bertz CT molecular complexity index is 280. The zero-order chi connectivity index (χ0) is 14.3. The van der Waals surface area contributed by atoms with Crippen LogP contribution < -0.4 is 5.32 Å². The van der Waals surface area contributed by atoms with Gasteiger partial charge in [0, 0.05) is 24.2 Å². The van der Waals surface area contributed by atoms with Crippen molar-refractivity contribution in [3.8, 4) is 0 Å². The van der Waals surface area contributed by atoms with Gasteiger partial charge < -0.3 is 9.47 Å². The van der Waals surface area contributed by atoms with Crippen LogP contribution in [-0.4, -0.2) is 48.4 Å². The van der Waals surface area contributed by atoms with Gasteiger partial charge in [-0.05, 0) is 40.5 Å². The Morgan fingerprint density at radius 2 is 2.32 bits per heavy atom. The third-order valence-electron chi connectivity index (χ3n) is 3.05. The summed E-state index contributed by atoms with van der Waals surface area (Å²) in [7, 11) is 0. The highest BCUT2D eigenvalue weighted by Gasteiger charge is 2.35. The molecular weight excluding hydrogens is 262 g/mol. The fourth-order valence-electron chi connectivity index (χ4n) is 2.26. The van der Waals surface area contributed by atoms with Crippen molar-refractivity contribution in [1.82, 2.24) is 5.32 Å². The first-order valence-electron chi connectivity index (χ1n) is 7.12. The lowest BCUT2D eigenvalue weighted by Gasteiger charge is -2.30. The monoisotopic (exact) mass is 289 g/mol. The second-order valence-corrected chi connectivity index (χ2v) is 6.53. The largest absolute Gasteiger partial charge is 0.465 e. The highest BCUT2D eigenvalue weighted by atomic mass is 32.2. The number of esters is 1. The minimum atomic E-state index is -0.618. The second kappa shape index (κ2) is 8.12. The number of rotatable bonds is 8. The Balaban J connectivity index is 2.45. The van der Waals surface area contributed by atoms with Gasteiger partial charge in [0.05, 0.1) is 12.7 Å². The first-order chi connectivity index (χ1) is 8.98. The van der Waals surface area contributed by atoms with Gasteiger partial charge in [-0.3, -0.25) is 10.1 Å². The molecule has 0 radical (unpaired) electrons. The van der Waals surface area contributed by atoms with Crippen molar-refractivity contribution in [3.05, 3.63) is 0 Å². The van der Waals surface area contributed by atoms with Gasteiger partial charge in [0.2, 0.25) is 0 Å². The molecule has 1 aliphatic heterocycles. The third-order valence-corrected chi connectivity index (χ3v) is 4.44. The van der Waals surface area contributed by atoms with Crippen LogP contribution in [0, 0.1) is 0 Å². The van der Waals surface area contributed by atoms with E-state index in [4.69, 9.17) is 9.47 Å². The predicted octanol–water partition coefficient (Wildman–Crippen LogP) is 2.22. The number of carbonyl (C=O) groups is 1. The van der Waals surface area contributed by atoms with E-state index in [1.807, 2.05) is 27.7 Å². The fraction of sp³-hybridized carbons (Fsp3) is 0.929. The van der Waals surface area contributed by atoms with E-state index < -0.39 is 5.54 Å². The molecule has 1 heterocycles. The molecule has 2 unspecified atom stereocenters. The molecule has 0 aromatic carbocycles. The van der Waals surface area contributed by atoms with E-state index in [1.165, 1.54) is 0 Å². The van der Waals surface area contributed by atoms with E-state index in [2.05, 4.69) is 5.32 Å². The Morgan fingerprint density at radius 3 is 2.84 bits per heavy atom. The topological polar surface area (TPSA) is 47.6 Å². The molecule has 1 N–H and O–H groups in total. The molecule has 0 aliphatic carbocycles. The zero-order valence-electron chi connectivity index (χ0n) is 12.5. The van der Waals surface area contributed by atoms with Crippen LogP contribution in [0.4, 0.5) is 0 Å². The maximum atomic E-state index is 12.1. The zero-order valence-corrected chi connectivity index (χ0v) is 13.3. The van der Waals surface area contributed by atoms with Crippen molar-refractivity contribution < 1.29 is 14.3 Å². The van der Waals surface area contributed by atoms with Gasteiger partial charge in [-0.2, -0.15) is 11.8 Å². The fourth-order valence-corrected chi connectivity index (χ4v) is 3.51. The van der Waals surface area contributed by atoms with Crippen LogP contribution in [0.1, 0.15) is 40.5 Å². The number of ether oxygens (including phenoxy) is 2. The maximum absolute atomic E-state index is 12.1. The smallest absolute Gasteiger partial charge is 0.326 e. The molecule has 2 atom stereocenters. The number of nitrogens with one attached hydrogen (secondary N) is 1. The molecule has 0 aromatic rings. The summed E-state index contributed by atoms with van der Waals surface area (Å²) in [5, 5.41) is 3.33. The molecule has 0 amide bonds. The van der Waals surface area contributed by atoms with Crippen molar-refractivity contribution in [3.63, 3.8) is 0 Å². The summed E-state index contributed by atoms with van der Waals surface area (Å²) in [6, 6.07) is 0.248. The van der Waals surface area contributed by atoms with E-state index in [-0.39, 0.29) is 12.0 Å². The van der Waals surface area contributed by atoms with Crippen LogP contribution in [0.3, 0.4) is 0 Å². The number of carbonyl (C=O) groups excluding carboxylic acids is 1. The highest BCUT2D eigenvalue weighted by Crippen LogP contribution is 2.21. The van der Waals surface area contributed by atoms with E-state index in [0.29, 0.717) is 18.5 Å². The molecule has 0 spiro atoms. The lowest BCUT2D eigenvalue weighted by atomic mass is 10.0. The average molecular weight is 289 g/mol. The predicted molar refractivity (Wildman–Crippen MR) is 79.6 cm³/mol. The molecule has 4 nitrogen and oxygen atoms in total. The molecule has 0 aromatic heterocycles. The summed E-state index contributed by atoms with van der Waals surface area (Å²) in [5.74, 6) is 1.50. The van der Waals surface area contributed by atoms with Gasteiger partial charge in [0.1, 0.15) is 5.54 Å². The quantitative estimate of drug-likeness (QED) is 0.694. The molecular formula is C14H27NO3S. The molecule has 0 saturated carbocycles. The van der Waals surface area contributed by atoms with E-state index >= 15 is 0 Å². The van der Waals surface area contributed by atoms with Crippen molar-refractivity contribution in [2.24, 2.45) is 0 Å². The molecule has 112 valence electrons. The van der Waals surface area contributed by atoms with E-state index in [1.54, 1.807) is 11.8 Å². The van der Waals surface area contributed by atoms with Crippen molar-refractivity contribution >= 4 is 17.7 Å². The summed E-state index contributed by atoms with van der Waals surface area (Å²) in [6.45, 7) is 9.15. The first kappa shape index (κ1) is 16.8. The molecule has 0 bridgehead atoms. The van der Waals surface area contributed by atoms with Gasteiger partial charge in [0.25, 0.3) is 0 Å². The Kier molecular flexibility index (Phi) is 7.18. The van der Waals surface area contributed by atoms with Crippen LogP contribution >= 0.6 is 11.8 Å². The Hall–Kier alpha value is -0.260.